The summed E-state index contributed by atoms with van der Waals surface area (Å²) in [7, 11) is 0. The Morgan fingerprint density at radius 3 is 1.90 bits per heavy atom. The normalized spacial score (nSPS) is 11.7. The Balaban J connectivity index is 2.89. The predicted molar refractivity (Wildman–Crippen MR) is 73.1 cm³/mol. The lowest BCUT2D eigenvalue weighted by molar-refractivity contribution is -0.139. The molecule has 0 heterocycles. The zero-order valence-electron chi connectivity index (χ0n) is 11.2. The summed E-state index contributed by atoms with van der Waals surface area (Å²) in [6.07, 6.45) is 0. The molecule has 0 bridgehead atoms. The van der Waals surface area contributed by atoms with Gasteiger partial charge in [-0.05, 0) is 12.5 Å². The van der Waals surface area contributed by atoms with Crippen LogP contribution in [0.2, 0.25) is 0 Å². The first-order chi connectivity index (χ1) is 9.31. The fourth-order valence-electron chi connectivity index (χ4n) is 1.70. The molecule has 0 fully saturated rings. The lowest BCUT2D eigenvalue weighted by Gasteiger charge is -2.23. The second-order valence-electron chi connectivity index (χ2n) is 4.52. The van der Waals surface area contributed by atoms with Gasteiger partial charge in [-0.25, -0.2) is 0 Å². The average molecular weight is 278 g/mol. The van der Waals surface area contributed by atoms with Crippen LogP contribution in [0.1, 0.15) is 17.2 Å². The molecule has 1 aromatic rings. The molecular formula is C13H18N4O3. The molecule has 1 rings (SSSR count). The van der Waals surface area contributed by atoms with E-state index in [2.05, 4.69) is 0 Å². The van der Waals surface area contributed by atoms with Gasteiger partial charge in [0.2, 0.25) is 17.7 Å². The van der Waals surface area contributed by atoms with Gasteiger partial charge in [0.25, 0.3) is 0 Å². The molecule has 3 amide bonds. The summed E-state index contributed by atoms with van der Waals surface area (Å²) in [6.45, 7) is 1.10. The predicted octanol–water partition coefficient (Wildman–Crippen LogP) is -1.21. The maximum atomic E-state index is 12.2. The number of benzene rings is 1. The summed E-state index contributed by atoms with van der Waals surface area (Å²) < 4.78 is 0. The molecule has 0 aliphatic carbocycles. The summed E-state index contributed by atoms with van der Waals surface area (Å²) in [5.74, 6) is -2.06. The monoisotopic (exact) mass is 278 g/mol. The van der Waals surface area contributed by atoms with Crippen LogP contribution in [0.5, 0.6) is 0 Å². The van der Waals surface area contributed by atoms with E-state index in [0.29, 0.717) is 5.56 Å². The lowest BCUT2D eigenvalue weighted by Crippen LogP contribution is -2.46. The molecule has 20 heavy (non-hydrogen) atoms. The highest BCUT2D eigenvalue weighted by Crippen LogP contribution is 2.14. The third-order valence-electron chi connectivity index (χ3n) is 2.71. The quantitative estimate of drug-likeness (QED) is 0.602. The van der Waals surface area contributed by atoms with Crippen molar-refractivity contribution in [1.82, 2.24) is 4.90 Å². The van der Waals surface area contributed by atoms with Gasteiger partial charge in [0.1, 0.15) is 6.04 Å². The first kappa shape index (κ1) is 15.6. The molecular weight excluding hydrogens is 260 g/mol. The first-order valence-corrected chi connectivity index (χ1v) is 5.98. The fourth-order valence-corrected chi connectivity index (χ4v) is 1.70. The highest BCUT2D eigenvalue weighted by Gasteiger charge is 2.24. The summed E-state index contributed by atoms with van der Waals surface area (Å²) in [6, 6.07) is 6.08. The third kappa shape index (κ3) is 4.36. The fraction of sp³-hybridized carbons (Fsp3) is 0.308. The van der Waals surface area contributed by atoms with Crippen LogP contribution in [-0.4, -0.2) is 35.7 Å². The van der Waals surface area contributed by atoms with Gasteiger partial charge in [-0.1, -0.05) is 29.8 Å². The minimum absolute atomic E-state index is 0.401. The Kier molecular flexibility index (Phi) is 5.22. The van der Waals surface area contributed by atoms with E-state index in [0.717, 1.165) is 10.5 Å². The molecule has 0 aromatic heterocycles. The molecule has 1 aromatic carbocycles. The van der Waals surface area contributed by atoms with Crippen molar-refractivity contribution in [3.05, 3.63) is 35.4 Å². The van der Waals surface area contributed by atoms with E-state index >= 15 is 0 Å². The lowest BCUT2D eigenvalue weighted by atomic mass is 10.0. The van der Waals surface area contributed by atoms with Crippen LogP contribution in [0.4, 0.5) is 0 Å². The van der Waals surface area contributed by atoms with Crippen molar-refractivity contribution < 1.29 is 14.4 Å². The van der Waals surface area contributed by atoms with E-state index in [9.17, 15) is 14.4 Å². The van der Waals surface area contributed by atoms with Crippen LogP contribution >= 0.6 is 0 Å². The molecule has 7 heteroatoms. The van der Waals surface area contributed by atoms with E-state index in [1.165, 1.54) is 0 Å². The summed E-state index contributed by atoms with van der Waals surface area (Å²) in [5.41, 5.74) is 17.5. The van der Waals surface area contributed by atoms with Gasteiger partial charge in [-0.15, -0.1) is 0 Å². The number of hydrogen-bond donors (Lipinski definition) is 3. The minimum atomic E-state index is -0.978. The van der Waals surface area contributed by atoms with Crippen LogP contribution < -0.4 is 17.2 Å². The average Bonchev–Trinajstić information content (AvgIpc) is 2.36. The molecule has 1 unspecified atom stereocenters. The van der Waals surface area contributed by atoms with Gasteiger partial charge in [-0.2, -0.15) is 0 Å². The standard InChI is InChI=1S/C13H18N4O3/c1-8-2-4-9(5-3-8)12(16)13(20)17(6-10(14)18)7-11(15)19/h2-5,12H,6-7,16H2,1H3,(H2,14,18)(H2,15,19). The van der Waals surface area contributed by atoms with Crippen LogP contribution in [0, 0.1) is 6.92 Å². The summed E-state index contributed by atoms with van der Waals surface area (Å²) in [4.78, 5) is 35.0. The zero-order chi connectivity index (χ0) is 15.3. The molecule has 0 spiro atoms. The Morgan fingerprint density at radius 1 is 1.05 bits per heavy atom. The van der Waals surface area contributed by atoms with E-state index in [1.807, 2.05) is 19.1 Å². The molecule has 0 aliphatic rings. The van der Waals surface area contributed by atoms with Crippen molar-refractivity contribution in [3.63, 3.8) is 0 Å². The molecule has 7 nitrogen and oxygen atoms in total. The van der Waals surface area contributed by atoms with Crippen LogP contribution in [-0.2, 0) is 14.4 Å². The highest BCUT2D eigenvalue weighted by molar-refractivity contribution is 5.91. The van der Waals surface area contributed by atoms with Gasteiger partial charge < -0.3 is 22.1 Å². The van der Waals surface area contributed by atoms with Crippen molar-refractivity contribution in [2.24, 2.45) is 17.2 Å². The third-order valence-corrected chi connectivity index (χ3v) is 2.71. The topological polar surface area (TPSA) is 133 Å². The van der Waals surface area contributed by atoms with Crippen LogP contribution in [0.15, 0.2) is 24.3 Å². The van der Waals surface area contributed by atoms with E-state index in [1.54, 1.807) is 12.1 Å². The van der Waals surface area contributed by atoms with E-state index < -0.39 is 36.9 Å². The maximum absolute atomic E-state index is 12.2. The summed E-state index contributed by atoms with van der Waals surface area (Å²) >= 11 is 0. The number of aryl methyl sites for hydroxylation is 1. The number of amides is 3. The number of carbonyl (C=O) groups is 3. The zero-order valence-corrected chi connectivity index (χ0v) is 11.2. The number of carbonyl (C=O) groups excluding carboxylic acids is 3. The number of hydrogen-bond acceptors (Lipinski definition) is 4. The van der Waals surface area contributed by atoms with E-state index in [4.69, 9.17) is 17.2 Å². The van der Waals surface area contributed by atoms with Gasteiger partial charge in [0, 0.05) is 0 Å². The SMILES string of the molecule is Cc1ccc(C(N)C(=O)N(CC(N)=O)CC(N)=O)cc1. The second kappa shape index (κ2) is 6.67. The molecule has 0 saturated carbocycles. The Bertz CT molecular complexity index is 497. The van der Waals surface area contributed by atoms with Gasteiger partial charge in [0.15, 0.2) is 0 Å². The van der Waals surface area contributed by atoms with Crippen molar-refractivity contribution in [1.29, 1.82) is 0 Å². The molecule has 108 valence electrons. The smallest absolute Gasteiger partial charge is 0.245 e. The molecule has 0 aliphatic heterocycles. The van der Waals surface area contributed by atoms with Crippen molar-refractivity contribution in [2.75, 3.05) is 13.1 Å². The van der Waals surface area contributed by atoms with E-state index in [-0.39, 0.29) is 0 Å². The first-order valence-electron chi connectivity index (χ1n) is 5.98. The number of rotatable bonds is 6. The molecule has 0 saturated heterocycles. The van der Waals surface area contributed by atoms with Crippen molar-refractivity contribution in [2.45, 2.75) is 13.0 Å². The number of nitrogens with zero attached hydrogens (tertiary/aromatic N) is 1. The van der Waals surface area contributed by atoms with Gasteiger partial charge in [0.05, 0.1) is 13.1 Å². The largest absolute Gasteiger partial charge is 0.368 e. The van der Waals surface area contributed by atoms with Gasteiger partial charge in [-0.3, -0.25) is 14.4 Å². The molecule has 1 atom stereocenters. The Hall–Kier alpha value is -2.41. The van der Waals surface area contributed by atoms with Crippen molar-refractivity contribution in [3.8, 4) is 0 Å². The molecule has 6 N–H and O–H groups in total. The van der Waals surface area contributed by atoms with Crippen LogP contribution in [0.25, 0.3) is 0 Å². The van der Waals surface area contributed by atoms with Crippen molar-refractivity contribution >= 4 is 17.7 Å². The second-order valence-corrected chi connectivity index (χ2v) is 4.52. The van der Waals surface area contributed by atoms with Crippen LogP contribution in [0.3, 0.4) is 0 Å². The minimum Gasteiger partial charge on any atom is -0.368 e. The highest BCUT2D eigenvalue weighted by atomic mass is 16.2. The summed E-state index contributed by atoms with van der Waals surface area (Å²) in [5, 5.41) is 0. The van der Waals surface area contributed by atoms with Gasteiger partial charge >= 0.3 is 0 Å². The Labute approximate surface area is 116 Å². The number of primary amides is 2. The molecule has 0 radical (unpaired) electrons. The Morgan fingerprint density at radius 2 is 1.50 bits per heavy atom. The maximum Gasteiger partial charge on any atom is 0.245 e. The number of nitrogens with two attached hydrogens (primary N) is 3.